The Morgan fingerprint density at radius 3 is 1.80 bits per heavy atom. The summed E-state index contributed by atoms with van der Waals surface area (Å²) < 4.78 is 0. The van der Waals surface area contributed by atoms with Gasteiger partial charge in [0.2, 0.25) is 0 Å². The van der Waals surface area contributed by atoms with Gasteiger partial charge < -0.3 is 10.2 Å². The molecule has 2 heterocycles. The molecule has 4 bridgehead atoms. The number of likely N-dealkylation sites (tertiary alicyclic amines) is 2. The summed E-state index contributed by atoms with van der Waals surface area (Å²) >= 11 is 0. The zero-order chi connectivity index (χ0) is 31.9. The molecule has 2 fully saturated rings. The highest BCUT2D eigenvalue weighted by molar-refractivity contribution is 5.45. The molecule has 45 heavy (non-hydrogen) atoms. The maximum Gasteiger partial charge on any atom is 0.115 e. The lowest BCUT2D eigenvalue weighted by Crippen LogP contribution is -2.58. The Morgan fingerprint density at radius 2 is 1.27 bits per heavy atom. The molecule has 0 spiro atoms. The second-order valence-electron chi connectivity index (χ2n) is 15.2. The van der Waals surface area contributed by atoms with Gasteiger partial charge in [0.15, 0.2) is 0 Å². The van der Waals surface area contributed by atoms with E-state index in [9.17, 15) is 10.2 Å². The van der Waals surface area contributed by atoms with E-state index in [-0.39, 0.29) is 10.8 Å². The lowest BCUT2D eigenvalue weighted by atomic mass is 9.59. The lowest BCUT2D eigenvalue weighted by Gasteiger charge is -2.54. The zero-order valence-corrected chi connectivity index (χ0v) is 28.4. The number of phenols is 2. The Morgan fingerprint density at radius 1 is 0.756 bits per heavy atom. The largest absolute Gasteiger partial charge is 0.508 e. The molecule has 0 radical (unpaired) electrons. The normalized spacial score (nSPS) is 30.4. The number of hydrogen-bond donors (Lipinski definition) is 2. The molecule has 3 aromatic carbocycles. The molecule has 0 unspecified atom stereocenters. The molecular weight excluding hydrogens is 552 g/mol. The number of benzene rings is 3. The molecule has 2 aliphatic carbocycles. The molecule has 4 heteroatoms. The van der Waals surface area contributed by atoms with Crippen LogP contribution in [0.5, 0.6) is 11.5 Å². The van der Waals surface area contributed by atoms with E-state index in [1.807, 2.05) is 24.3 Å². The van der Waals surface area contributed by atoms with Crippen LogP contribution in [0, 0.1) is 11.8 Å². The summed E-state index contributed by atoms with van der Waals surface area (Å²) in [7, 11) is 0. The Balaban J connectivity index is 0.000000160. The van der Waals surface area contributed by atoms with Crippen LogP contribution in [0.1, 0.15) is 82.2 Å². The maximum absolute atomic E-state index is 9.94. The second kappa shape index (κ2) is 12.6. The van der Waals surface area contributed by atoms with Crippen molar-refractivity contribution in [2.45, 2.75) is 96.6 Å². The van der Waals surface area contributed by atoms with Gasteiger partial charge in [-0.3, -0.25) is 9.80 Å². The highest BCUT2D eigenvalue weighted by atomic mass is 16.3. The van der Waals surface area contributed by atoms with Crippen molar-refractivity contribution in [3.63, 3.8) is 0 Å². The number of fused-ring (bicyclic) bond motifs is 8. The molecule has 240 valence electrons. The van der Waals surface area contributed by atoms with E-state index in [1.54, 1.807) is 0 Å². The van der Waals surface area contributed by atoms with Crippen LogP contribution in [0.2, 0.25) is 0 Å². The standard InChI is InChI=1S/C22H27NO.C19H27NO/c1-16-21-14-18-8-9-19(24)15-20(18)22(16,2)11-13-23(21)12-10-17-6-4-3-5-7-17;1-13(2)7-9-20-10-8-19(4)14(3)18(20)11-15-5-6-16(21)12-17(15)19/h3-9,15-16,21,24H,10-14H2,1-2H3;5-7,12,14,18,21H,8-11H2,1-4H3/t16-,21+,22+;14-,18+,19+/m00/s1. The molecule has 2 saturated heterocycles. The van der Waals surface area contributed by atoms with Crippen LogP contribution in [-0.4, -0.2) is 58.3 Å². The van der Waals surface area contributed by atoms with Crippen molar-refractivity contribution in [1.29, 1.82) is 0 Å². The molecule has 6 atom stereocenters. The monoisotopic (exact) mass is 606 g/mol. The van der Waals surface area contributed by atoms with Crippen LogP contribution < -0.4 is 0 Å². The van der Waals surface area contributed by atoms with Crippen LogP contribution in [-0.2, 0) is 30.1 Å². The third-order valence-corrected chi connectivity index (χ3v) is 12.5. The minimum atomic E-state index is 0.195. The van der Waals surface area contributed by atoms with Crippen molar-refractivity contribution in [1.82, 2.24) is 9.80 Å². The Bertz CT molecular complexity index is 1530. The van der Waals surface area contributed by atoms with Gasteiger partial charge in [0, 0.05) is 25.2 Å². The lowest BCUT2D eigenvalue weighted by molar-refractivity contribution is 0.0322. The molecule has 7 rings (SSSR count). The first-order valence-corrected chi connectivity index (χ1v) is 17.3. The number of rotatable bonds is 5. The van der Waals surface area contributed by atoms with E-state index in [1.165, 1.54) is 46.2 Å². The molecule has 3 aromatic rings. The van der Waals surface area contributed by atoms with Crippen LogP contribution in [0.15, 0.2) is 78.4 Å². The van der Waals surface area contributed by atoms with E-state index >= 15 is 0 Å². The van der Waals surface area contributed by atoms with E-state index < -0.39 is 0 Å². The molecule has 2 N–H and O–H groups in total. The Kier molecular flexibility index (Phi) is 8.93. The van der Waals surface area contributed by atoms with Crippen molar-refractivity contribution in [2.24, 2.45) is 11.8 Å². The van der Waals surface area contributed by atoms with Gasteiger partial charge in [-0.15, -0.1) is 0 Å². The molecule has 0 saturated carbocycles. The van der Waals surface area contributed by atoms with Crippen molar-refractivity contribution in [3.05, 3.63) is 106 Å². The third-order valence-electron chi connectivity index (χ3n) is 12.5. The minimum absolute atomic E-state index is 0.195. The molecular formula is C41H54N2O2. The second-order valence-corrected chi connectivity index (χ2v) is 15.2. The van der Waals surface area contributed by atoms with Crippen LogP contribution in [0.25, 0.3) is 0 Å². The van der Waals surface area contributed by atoms with E-state index in [0.717, 1.165) is 45.4 Å². The average molecular weight is 607 g/mol. The smallest absolute Gasteiger partial charge is 0.115 e. The minimum Gasteiger partial charge on any atom is -0.508 e. The van der Waals surface area contributed by atoms with Crippen LogP contribution >= 0.6 is 0 Å². The molecule has 4 aliphatic rings. The number of allylic oxidation sites excluding steroid dienone is 1. The van der Waals surface area contributed by atoms with Gasteiger partial charge in [-0.2, -0.15) is 0 Å². The summed E-state index contributed by atoms with van der Waals surface area (Å²) in [5.41, 5.74) is 8.86. The average Bonchev–Trinajstić information content (AvgIpc) is 3.01. The third kappa shape index (κ3) is 6.09. The number of aromatic hydroxyl groups is 2. The van der Waals surface area contributed by atoms with Gasteiger partial charge in [0.1, 0.15) is 11.5 Å². The van der Waals surface area contributed by atoms with Crippen molar-refractivity contribution in [2.75, 3.05) is 26.2 Å². The Labute approximate surface area is 271 Å². The first kappa shape index (κ1) is 31.9. The van der Waals surface area contributed by atoms with Gasteiger partial charge in [0.25, 0.3) is 0 Å². The fourth-order valence-corrected chi connectivity index (χ4v) is 9.11. The van der Waals surface area contributed by atoms with Crippen LogP contribution in [0.4, 0.5) is 0 Å². The number of hydrogen-bond acceptors (Lipinski definition) is 4. The fraction of sp³-hybridized carbons (Fsp3) is 0.512. The molecule has 4 nitrogen and oxygen atoms in total. The summed E-state index contributed by atoms with van der Waals surface area (Å²) in [5, 5.41) is 19.8. The number of piperidine rings is 2. The zero-order valence-electron chi connectivity index (χ0n) is 28.4. The van der Waals surface area contributed by atoms with Gasteiger partial charge >= 0.3 is 0 Å². The van der Waals surface area contributed by atoms with Gasteiger partial charge in [-0.25, -0.2) is 0 Å². The quantitative estimate of drug-likeness (QED) is 0.289. The predicted octanol–water partition coefficient (Wildman–Crippen LogP) is 8.04. The fourth-order valence-electron chi connectivity index (χ4n) is 9.11. The first-order chi connectivity index (χ1) is 21.5. The van der Waals surface area contributed by atoms with Gasteiger partial charge in [-0.1, -0.05) is 81.8 Å². The van der Waals surface area contributed by atoms with E-state index in [4.69, 9.17) is 0 Å². The number of nitrogens with zero attached hydrogens (tertiary/aromatic N) is 2. The summed E-state index contributed by atoms with van der Waals surface area (Å²) in [4.78, 5) is 5.35. The summed E-state index contributed by atoms with van der Waals surface area (Å²) in [6.07, 6.45) is 8.06. The van der Waals surface area contributed by atoms with Gasteiger partial charge in [-0.05, 0) is 134 Å². The molecule has 0 amide bonds. The highest BCUT2D eigenvalue weighted by Gasteiger charge is 2.49. The van der Waals surface area contributed by atoms with E-state index in [2.05, 4.69) is 99.9 Å². The van der Waals surface area contributed by atoms with Crippen molar-refractivity contribution >= 4 is 0 Å². The van der Waals surface area contributed by atoms with E-state index in [0.29, 0.717) is 35.4 Å². The highest BCUT2D eigenvalue weighted by Crippen LogP contribution is 2.50. The number of phenolic OH excluding ortho intramolecular Hbond substituents is 2. The summed E-state index contributed by atoms with van der Waals surface area (Å²) in [5.74, 6) is 2.07. The summed E-state index contributed by atoms with van der Waals surface area (Å²) in [6.45, 7) is 18.5. The van der Waals surface area contributed by atoms with Crippen molar-refractivity contribution in [3.8, 4) is 11.5 Å². The van der Waals surface area contributed by atoms with Crippen molar-refractivity contribution < 1.29 is 10.2 Å². The van der Waals surface area contributed by atoms with Crippen LogP contribution in [0.3, 0.4) is 0 Å². The summed E-state index contributed by atoms with van der Waals surface area (Å²) in [6, 6.07) is 24.0. The first-order valence-electron chi connectivity index (χ1n) is 17.3. The topological polar surface area (TPSA) is 46.9 Å². The predicted molar refractivity (Wildman–Crippen MR) is 186 cm³/mol. The SMILES string of the molecule is CC(C)=CCN1CC[C@@]2(C)c3cc(O)ccc3C[C@@H]1[C@@H]2C.C[C@H]1[C@H]2Cc3ccc(O)cc3[C@]1(C)CCN2CCc1ccccc1. The Hall–Kier alpha value is -3.08. The molecule has 0 aromatic heterocycles. The van der Waals surface area contributed by atoms with Gasteiger partial charge in [0.05, 0.1) is 0 Å². The maximum atomic E-state index is 9.94. The molecule has 2 aliphatic heterocycles.